The number of fused-ring (bicyclic) bond motifs is 1. The number of aromatic nitrogens is 2. The third-order valence-electron chi connectivity index (χ3n) is 5.41. The van der Waals surface area contributed by atoms with Gasteiger partial charge in [0.15, 0.2) is 0 Å². The van der Waals surface area contributed by atoms with Crippen LogP contribution in [-0.2, 0) is 17.9 Å². The Hall–Kier alpha value is -3.18. The van der Waals surface area contributed by atoms with Gasteiger partial charge >= 0.3 is 0 Å². The molecule has 2 aromatic heterocycles. The van der Waals surface area contributed by atoms with E-state index in [-0.39, 0.29) is 18.4 Å². The Morgan fingerprint density at radius 2 is 2.06 bits per heavy atom. The molecule has 0 spiro atoms. The summed E-state index contributed by atoms with van der Waals surface area (Å²) in [6, 6.07) is 7.99. The maximum Gasteiger partial charge on any atom is 0.222 e. The highest BCUT2D eigenvalue weighted by Crippen LogP contribution is 2.34. The number of rotatable bonds is 8. The Morgan fingerprint density at radius 3 is 2.73 bits per heavy atom. The van der Waals surface area contributed by atoms with E-state index in [0.29, 0.717) is 17.3 Å². The number of carbonyl (C=O) groups excluding carboxylic acids is 1. The summed E-state index contributed by atoms with van der Waals surface area (Å²) in [6.07, 6.45) is 5.36. The van der Waals surface area contributed by atoms with Gasteiger partial charge < -0.3 is 10.1 Å². The summed E-state index contributed by atoms with van der Waals surface area (Å²) >= 11 is 6.45. The van der Waals surface area contributed by atoms with Crippen molar-refractivity contribution in [1.29, 1.82) is 0 Å². The van der Waals surface area contributed by atoms with Gasteiger partial charge in [-0.1, -0.05) is 55.8 Å². The highest BCUT2D eigenvalue weighted by molar-refractivity contribution is 6.31. The van der Waals surface area contributed by atoms with E-state index in [4.69, 9.17) is 21.3 Å². The number of ether oxygens (including phenoxy) is 1. The van der Waals surface area contributed by atoms with E-state index in [2.05, 4.69) is 29.0 Å². The Morgan fingerprint density at radius 1 is 1.30 bits per heavy atom. The Kier molecular flexibility index (Phi) is 7.88. The van der Waals surface area contributed by atoms with Gasteiger partial charge in [-0.05, 0) is 49.6 Å². The number of nitrogens with zero attached hydrogens (tertiary/aromatic N) is 2. The van der Waals surface area contributed by atoms with Crippen LogP contribution in [0.25, 0.3) is 16.5 Å². The van der Waals surface area contributed by atoms with Gasteiger partial charge in [0.05, 0.1) is 5.02 Å². The Balaban J connectivity index is 1.95. The van der Waals surface area contributed by atoms with Crippen molar-refractivity contribution in [3.05, 3.63) is 82.3 Å². The summed E-state index contributed by atoms with van der Waals surface area (Å²) in [5, 5.41) is 4.41. The minimum atomic E-state index is -0.0997. The molecule has 1 amide bonds. The van der Waals surface area contributed by atoms with Crippen molar-refractivity contribution in [2.75, 3.05) is 0 Å². The van der Waals surface area contributed by atoms with Gasteiger partial charge in [0, 0.05) is 41.5 Å². The summed E-state index contributed by atoms with van der Waals surface area (Å²) < 4.78 is 6.24. The monoisotopic (exact) mass is 463 g/mol. The van der Waals surface area contributed by atoms with Crippen molar-refractivity contribution in [3.63, 3.8) is 0 Å². The third kappa shape index (κ3) is 5.60. The van der Waals surface area contributed by atoms with Gasteiger partial charge in [-0.3, -0.25) is 9.78 Å². The number of hydrogen-bond acceptors (Lipinski definition) is 4. The lowest BCUT2D eigenvalue weighted by atomic mass is 9.95. The summed E-state index contributed by atoms with van der Waals surface area (Å²) in [4.78, 5) is 21.0. The van der Waals surface area contributed by atoms with Crippen LogP contribution in [-0.4, -0.2) is 15.9 Å². The highest BCUT2D eigenvalue weighted by atomic mass is 35.5. The average Bonchev–Trinajstić information content (AvgIpc) is 2.77. The third-order valence-corrected chi connectivity index (χ3v) is 5.74. The molecule has 172 valence electrons. The number of benzene rings is 1. The van der Waals surface area contributed by atoms with Crippen molar-refractivity contribution < 1.29 is 9.53 Å². The number of aryl methyl sites for hydroxylation is 1. The van der Waals surface area contributed by atoms with Gasteiger partial charge in [-0.25, -0.2) is 4.98 Å². The summed E-state index contributed by atoms with van der Waals surface area (Å²) in [6.45, 7) is 14.4. The van der Waals surface area contributed by atoms with Crippen molar-refractivity contribution in [2.45, 2.75) is 47.8 Å². The second-order valence-electron chi connectivity index (χ2n) is 8.37. The fraction of sp³-hybridized carbons (Fsp3) is 0.296. The molecular formula is C27H30ClN3O2. The second-order valence-corrected chi connectivity index (χ2v) is 8.77. The highest BCUT2D eigenvalue weighted by Gasteiger charge is 2.15. The molecule has 5 nitrogen and oxygen atoms in total. The van der Waals surface area contributed by atoms with E-state index >= 15 is 0 Å². The molecule has 0 unspecified atom stereocenters. The van der Waals surface area contributed by atoms with Crippen LogP contribution in [0.5, 0.6) is 5.75 Å². The van der Waals surface area contributed by atoms with E-state index in [1.54, 1.807) is 12.4 Å². The Bertz CT molecular complexity index is 1230. The van der Waals surface area contributed by atoms with Gasteiger partial charge in [0.25, 0.3) is 0 Å². The minimum absolute atomic E-state index is 0.0274. The van der Waals surface area contributed by atoms with Crippen molar-refractivity contribution in [2.24, 2.45) is 5.92 Å². The quantitative estimate of drug-likeness (QED) is 0.391. The zero-order chi connectivity index (χ0) is 24.1. The Labute approximate surface area is 200 Å². The predicted octanol–water partition coefficient (Wildman–Crippen LogP) is 6.42. The van der Waals surface area contributed by atoms with E-state index in [1.807, 2.05) is 52.8 Å². The lowest BCUT2D eigenvalue weighted by Crippen LogP contribution is -2.27. The largest absolute Gasteiger partial charge is 0.487 e. The number of nitrogens with one attached hydrogen (secondary N) is 1. The number of para-hydroxylation sites is 1. The first-order valence-corrected chi connectivity index (χ1v) is 11.3. The van der Waals surface area contributed by atoms with Gasteiger partial charge in [-0.2, -0.15) is 0 Å². The van der Waals surface area contributed by atoms with Crippen LogP contribution in [0, 0.1) is 12.8 Å². The van der Waals surface area contributed by atoms with Crippen LogP contribution in [0.4, 0.5) is 0 Å². The molecular weight excluding hydrogens is 434 g/mol. The van der Waals surface area contributed by atoms with Crippen LogP contribution in [0.1, 0.15) is 50.1 Å². The number of hydrogen-bond donors (Lipinski definition) is 1. The molecule has 0 saturated carbocycles. The molecule has 0 radical (unpaired) electrons. The number of amides is 1. The summed E-state index contributed by atoms with van der Waals surface area (Å²) in [7, 11) is 0. The van der Waals surface area contributed by atoms with E-state index in [9.17, 15) is 4.79 Å². The number of allylic oxidation sites excluding steroid dienone is 3. The number of halogens is 1. The first-order chi connectivity index (χ1) is 15.7. The molecule has 3 rings (SSSR count). The molecule has 0 fully saturated rings. The van der Waals surface area contributed by atoms with Crippen LogP contribution in [0.2, 0.25) is 5.02 Å². The topological polar surface area (TPSA) is 64.1 Å². The van der Waals surface area contributed by atoms with Crippen LogP contribution < -0.4 is 10.1 Å². The van der Waals surface area contributed by atoms with E-state index < -0.39 is 0 Å². The average molecular weight is 464 g/mol. The fourth-order valence-corrected chi connectivity index (χ4v) is 3.91. The second kappa shape index (κ2) is 10.6. The first kappa shape index (κ1) is 24.5. The van der Waals surface area contributed by atoms with E-state index in [0.717, 1.165) is 44.4 Å². The molecule has 0 bridgehead atoms. The summed E-state index contributed by atoms with van der Waals surface area (Å²) in [5.41, 5.74) is 6.45. The first-order valence-electron chi connectivity index (χ1n) is 11.0. The van der Waals surface area contributed by atoms with Gasteiger partial charge in [-0.15, -0.1) is 0 Å². The zero-order valence-electron chi connectivity index (χ0n) is 19.8. The predicted molar refractivity (Wildman–Crippen MR) is 135 cm³/mol. The molecule has 0 aliphatic carbocycles. The molecule has 0 saturated heterocycles. The number of carbonyl (C=O) groups is 1. The summed E-state index contributed by atoms with van der Waals surface area (Å²) in [5.74, 6) is 0.539. The van der Waals surface area contributed by atoms with E-state index in [1.165, 1.54) is 0 Å². The SMILES string of the molecule is C=C(C)/C(=C\C)c1cc(C)nc2c(OCc3c(Cl)cncc3CNC(=O)C(C)C)cccc12. The molecule has 2 heterocycles. The van der Waals surface area contributed by atoms with Crippen molar-refractivity contribution in [3.8, 4) is 5.75 Å². The lowest BCUT2D eigenvalue weighted by molar-refractivity contribution is -0.124. The molecule has 6 heteroatoms. The van der Waals surface area contributed by atoms with Crippen LogP contribution in [0.15, 0.2) is 54.9 Å². The maximum absolute atomic E-state index is 12.0. The van der Waals surface area contributed by atoms with Crippen LogP contribution >= 0.6 is 11.6 Å². The standard InChI is InChI=1S/C27H30ClN3O2/c1-7-20(16(2)3)22-11-18(6)31-26-21(22)9-8-10-25(26)33-15-23-19(12-29-14-24(23)28)13-30-27(32)17(4)5/h7-12,14,17H,2,13,15H2,1,3-6H3,(H,30,32)/b20-7+. The molecule has 1 aromatic carbocycles. The molecule has 0 aliphatic heterocycles. The maximum atomic E-state index is 12.0. The number of pyridine rings is 2. The normalized spacial score (nSPS) is 11.7. The molecule has 1 N–H and O–H groups in total. The zero-order valence-corrected chi connectivity index (χ0v) is 20.6. The molecule has 0 aliphatic rings. The molecule has 33 heavy (non-hydrogen) atoms. The fourth-order valence-electron chi connectivity index (χ4n) is 3.67. The molecule has 3 aromatic rings. The van der Waals surface area contributed by atoms with Crippen molar-refractivity contribution in [1.82, 2.24) is 15.3 Å². The van der Waals surface area contributed by atoms with Crippen LogP contribution in [0.3, 0.4) is 0 Å². The van der Waals surface area contributed by atoms with Gasteiger partial charge in [0.2, 0.25) is 5.91 Å². The minimum Gasteiger partial charge on any atom is -0.487 e. The van der Waals surface area contributed by atoms with Gasteiger partial charge in [0.1, 0.15) is 17.9 Å². The molecule has 0 atom stereocenters. The lowest BCUT2D eigenvalue weighted by Gasteiger charge is -2.16. The smallest absolute Gasteiger partial charge is 0.222 e. The van der Waals surface area contributed by atoms with Crippen molar-refractivity contribution >= 4 is 34.0 Å².